The number of benzene rings is 2. The van der Waals surface area contributed by atoms with E-state index in [1.165, 1.54) is 5.69 Å². The summed E-state index contributed by atoms with van der Waals surface area (Å²) in [5.41, 5.74) is 1.23. The number of para-hydroxylation sites is 1. The average Bonchev–Trinajstić information content (AvgIpc) is 2.94. The third-order valence-electron chi connectivity index (χ3n) is 6.70. The van der Waals surface area contributed by atoms with E-state index in [-0.39, 0.29) is 11.8 Å². The molecule has 1 unspecified atom stereocenters. The first-order chi connectivity index (χ1) is 17.2. The van der Waals surface area contributed by atoms with Gasteiger partial charge >= 0.3 is 0 Å². The van der Waals surface area contributed by atoms with Gasteiger partial charge in [0.2, 0.25) is 5.91 Å². The SMILES string of the molecule is COc1cccc(Sc2ccc(N3CCCC(C(=O)N4CCN(c5ccccc5)CC4)C3)nn2)c1. The van der Waals surface area contributed by atoms with Gasteiger partial charge in [0.05, 0.1) is 13.0 Å². The molecule has 0 aliphatic carbocycles. The Labute approximate surface area is 211 Å². The molecule has 2 saturated heterocycles. The minimum absolute atomic E-state index is 0.0136. The van der Waals surface area contributed by atoms with Crippen molar-refractivity contribution in [3.8, 4) is 5.75 Å². The first kappa shape index (κ1) is 23.5. The Hall–Kier alpha value is -3.26. The van der Waals surface area contributed by atoms with Gasteiger partial charge in [0.25, 0.3) is 0 Å². The minimum Gasteiger partial charge on any atom is -0.497 e. The Bertz CT molecular complexity index is 1120. The van der Waals surface area contributed by atoms with Gasteiger partial charge in [-0.05, 0) is 55.3 Å². The number of carbonyl (C=O) groups is 1. The standard InChI is InChI=1S/C27H31N5O2S/c1-34-23-10-5-11-24(19-23)35-26-13-12-25(28-29-26)32-14-6-7-21(20-32)27(33)31-17-15-30(16-18-31)22-8-3-2-4-9-22/h2-5,8-13,19,21H,6-7,14-18,20H2,1H3. The fraction of sp³-hybridized carbons (Fsp3) is 0.370. The van der Waals surface area contributed by atoms with Gasteiger partial charge in [0, 0.05) is 49.9 Å². The van der Waals surface area contributed by atoms with E-state index >= 15 is 0 Å². The number of hydrogen-bond acceptors (Lipinski definition) is 7. The lowest BCUT2D eigenvalue weighted by atomic mass is 9.96. The van der Waals surface area contributed by atoms with Crippen molar-refractivity contribution in [2.24, 2.45) is 5.92 Å². The number of nitrogens with zero attached hydrogens (tertiary/aromatic N) is 5. The van der Waals surface area contributed by atoms with Crippen molar-refractivity contribution >= 4 is 29.2 Å². The maximum Gasteiger partial charge on any atom is 0.227 e. The zero-order chi connectivity index (χ0) is 24.0. The fourth-order valence-corrected chi connectivity index (χ4v) is 5.57. The maximum absolute atomic E-state index is 13.3. The summed E-state index contributed by atoms with van der Waals surface area (Å²) in [6, 6.07) is 22.4. The lowest BCUT2D eigenvalue weighted by Gasteiger charge is -2.40. The van der Waals surface area contributed by atoms with E-state index in [2.05, 4.69) is 44.3 Å². The first-order valence-corrected chi connectivity index (χ1v) is 13.0. The third-order valence-corrected chi connectivity index (χ3v) is 7.61. The van der Waals surface area contributed by atoms with Gasteiger partial charge in [0.15, 0.2) is 5.82 Å². The van der Waals surface area contributed by atoms with Crippen LogP contribution < -0.4 is 14.5 Å². The highest BCUT2D eigenvalue weighted by molar-refractivity contribution is 7.99. The summed E-state index contributed by atoms with van der Waals surface area (Å²) in [6.07, 6.45) is 1.92. The normalized spacial score (nSPS) is 18.4. The van der Waals surface area contributed by atoms with Gasteiger partial charge < -0.3 is 19.4 Å². The number of anilines is 2. The lowest BCUT2D eigenvalue weighted by Crippen LogP contribution is -2.52. The summed E-state index contributed by atoms with van der Waals surface area (Å²) < 4.78 is 5.30. The number of piperazine rings is 1. The number of hydrogen-bond donors (Lipinski definition) is 0. The quantitative estimate of drug-likeness (QED) is 0.514. The summed E-state index contributed by atoms with van der Waals surface area (Å²) in [7, 11) is 1.67. The van der Waals surface area contributed by atoms with Crippen molar-refractivity contribution in [3.05, 3.63) is 66.7 Å². The molecular formula is C27H31N5O2S. The summed E-state index contributed by atoms with van der Waals surface area (Å²) in [5.74, 6) is 1.96. The van der Waals surface area contributed by atoms with Crippen molar-refractivity contribution in [3.63, 3.8) is 0 Å². The summed E-state index contributed by atoms with van der Waals surface area (Å²) in [4.78, 5) is 21.0. The molecule has 2 aromatic carbocycles. The molecule has 0 spiro atoms. The highest BCUT2D eigenvalue weighted by Gasteiger charge is 2.31. The molecule has 182 valence electrons. The van der Waals surface area contributed by atoms with E-state index in [1.807, 2.05) is 47.4 Å². The summed E-state index contributed by atoms with van der Waals surface area (Å²) >= 11 is 1.56. The topological polar surface area (TPSA) is 61.8 Å². The molecule has 7 nitrogen and oxygen atoms in total. The molecule has 2 aliphatic heterocycles. The fourth-order valence-electron chi connectivity index (χ4n) is 4.79. The molecule has 3 aromatic rings. The zero-order valence-electron chi connectivity index (χ0n) is 20.0. The van der Waals surface area contributed by atoms with Crippen LogP contribution in [0.4, 0.5) is 11.5 Å². The van der Waals surface area contributed by atoms with Crippen LogP contribution in [0.5, 0.6) is 5.75 Å². The van der Waals surface area contributed by atoms with Crippen LogP contribution in [0.3, 0.4) is 0 Å². The molecule has 8 heteroatoms. The molecule has 1 amide bonds. The van der Waals surface area contributed by atoms with Crippen LogP contribution in [-0.4, -0.2) is 67.4 Å². The number of amides is 1. The molecule has 2 aliphatic rings. The number of ether oxygens (including phenoxy) is 1. The highest BCUT2D eigenvalue weighted by Crippen LogP contribution is 2.30. The van der Waals surface area contributed by atoms with Crippen LogP contribution in [0, 0.1) is 5.92 Å². The van der Waals surface area contributed by atoms with E-state index in [9.17, 15) is 4.79 Å². The number of methoxy groups -OCH3 is 1. The van der Waals surface area contributed by atoms with Crippen molar-refractivity contribution in [1.82, 2.24) is 15.1 Å². The molecule has 5 rings (SSSR count). The number of piperidine rings is 1. The molecule has 0 saturated carbocycles. The monoisotopic (exact) mass is 489 g/mol. The molecule has 0 N–H and O–H groups in total. The van der Waals surface area contributed by atoms with Crippen molar-refractivity contribution in [1.29, 1.82) is 0 Å². The van der Waals surface area contributed by atoms with Crippen LogP contribution in [0.2, 0.25) is 0 Å². The molecule has 3 heterocycles. The Morgan fingerprint density at radius 3 is 2.49 bits per heavy atom. The zero-order valence-corrected chi connectivity index (χ0v) is 20.9. The number of rotatable bonds is 6. The molecule has 0 bridgehead atoms. The Morgan fingerprint density at radius 1 is 0.914 bits per heavy atom. The van der Waals surface area contributed by atoms with E-state index in [1.54, 1.807) is 18.9 Å². The lowest BCUT2D eigenvalue weighted by molar-refractivity contribution is -0.136. The smallest absolute Gasteiger partial charge is 0.227 e. The van der Waals surface area contributed by atoms with Crippen LogP contribution >= 0.6 is 11.8 Å². The molecule has 1 aromatic heterocycles. The Morgan fingerprint density at radius 2 is 1.74 bits per heavy atom. The van der Waals surface area contributed by atoms with E-state index in [0.29, 0.717) is 6.54 Å². The van der Waals surface area contributed by atoms with Crippen LogP contribution in [0.25, 0.3) is 0 Å². The van der Waals surface area contributed by atoms with Gasteiger partial charge in [-0.2, -0.15) is 0 Å². The maximum atomic E-state index is 13.3. The van der Waals surface area contributed by atoms with Crippen molar-refractivity contribution < 1.29 is 9.53 Å². The van der Waals surface area contributed by atoms with Crippen molar-refractivity contribution in [2.45, 2.75) is 22.8 Å². The minimum atomic E-state index is 0.0136. The predicted octanol–water partition coefficient (Wildman–Crippen LogP) is 4.20. The van der Waals surface area contributed by atoms with Gasteiger partial charge in [-0.3, -0.25) is 4.79 Å². The second-order valence-corrected chi connectivity index (χ2v) is 10.0. The Kier molecular flexibility index (Phi) is 7.37. The van der Waals surface area contributed by atoms with Gasteiger partial charge in [-0.15, -0.1) is 10.2 Å². The molecule has 1 atom stereocenters. The third kappa shape index (κ3) is 5.70. The van der Waals surface area contributed by atoms with E-state index in [4.69, 9.17) is 4.74 Å². The second-order valence-electron chi connectivity index (χ2n) is 8.94. The van der Waals surface area contributed by atoms with E-state index < -0.39 is 0 Å². The van der Waals surface area contributed by atoms with Crippen LogP contribution in [0.1, 0.15) is 12.8 Å². The second kappa shape index (κ2) is 11.0. The summed E-state index contributed by atoms with van der Waals surface area (Å²) in [5, 5.41) is 9.75. The van der Waals surface area contributed by atoms with Crippen LogP contribution in [0.15, 0.2) is 76.7 Å². The van der Waals surface area contributed by atoms with Gasteiger partial charge in [-0.1, -0.05) is 36.0 Å². The van der Waals surface area contributed by atoms with E-state index in [0.717, 1.165) is 67.1 Å². The van der Waals surface area contributed by atoms with Gasteiger partial charge in [-0.25, -0.2) is 0 Å². The molecule has 2 fully saturated rings. The molecular weight excluding hydrogens is 458 g/mol. The van der Waals surface area contributed by atoms with Crippen molar-refractivity contribution in [2.75, 3.05) is 56.2 Å². The molecule has 35 heavy (non-hydrogen) atoms. The molecule has 0 radical (unpaired) electrons. The van der Waals surface area contributed by atoms with Crippen LogP contribution in [-0.2, 0) is 4.79 Å². The first-order valence-electron chi connectivity index (χ1n) is 12.2. The predicted molar refractivity (Wildman–Crippen MR) is 139 cm³/mol. The highest BCUT2D eigenvalue weighted by atomic mass is 32.2. The average molecular weight is 490 g/mol. The summed E-state index contributed by atoms with van der Waals surface area (Å²) in [6.45, 7) is 4.92. The Balaban J connectivity index is 1.16. The number of aromatic nitrogens is 2. The number of carbonyl (C=O) groups excluding carboxylic acids is 1. The largest absolute Gasteiger partial charge is 0.497 e. The van der Waals surface area contributed by atoms with Gasteiger partial charge in [0.1, 0.15) is 10.8 Å².